The largest absolute Gasteiger partial charge is 0.330 e. The summed E-state index contributed by atoms with van der Waals surface area (Å²) in [6.07, 6.45) is 0.970. The standard InChI is InChI=1S/C7H12N2S.BrH/c1-5-7(3-4-8)10-6(2)9-5;/h3-4,8H2,1-2H3;1H. The second-order valence-corrected chi connectivity index (χ2v) is 3.57. The maximum atomic E-state index is 5.42. The van der Waals surface area contributed by atoms with E-state index in [-0.39, 0.29) is 17.0 Å². The highest BCUT2D eigenvalue weighted by atomic mass is 79.9. The van der Waals surface area contributed by atoms with Crippen molar-refractivity contribution in [1.29, 1.82) is 0 Å². The van der Waals surface area contributed by atoms with Crippen molar-refractivity contribution in [3.8, 4) is 0 Å². The number of nitrogens with zero attached hydrogens (tertiary/aromatic N) is 1. The van der Waals surface area contributed by atoms with Crippen LogP contribution in [-0.4, -0.2) is 11.5 Å². The molecule has 1 rings (SSSR count). The first-order valence-corrected chi connectivity index (χ1v) is 4.18. The Morgan fingerprint density at radius 1 is 1.45 bits per heavy atom. The van der Waals surface area contributed by atoms with Gasteiger partial charge in [0.05, 0.1) is 10.7 Å². The van der Waals surface area contributed by atoms with Crippen LogP contribution in [0.15, 0.2) is 0 Å². The van der Waals surface area contributed by atoms with Gasteiger partial charge in [-0.1, -0.05) is 0 Å². The second kappa shape index (κ2) is 4.85. The average Bonchev–Trinajstić information content (AvgIpc) is 2.13. The van der Waals surface area contributed by atoms with Crippen LogP contribution >= 0.6 is 28.3 Å². The monoisotopic (exact) mass is 236 g/mol. The van der Waals surface area contributed by atoms with Gasteiger partial charge >= 0.3 is 0 Å². The number of aryl methyl sites for hydroxylation is 2. The summed E-state index contributed by atoms with van der Waals surface area (Å²) < 4.78 is 0. The van der Waals surface area contributed by atoms with E-state index in [1.165, 1.54) is 4.88 Å². The molecule has 0 fully saturated rings. The summed E-state index contributed by atoms with van der Waals surface area (Å²) in [5.74, 6) is 0. The van der Waals surface area contributed by atoms with Crippen LogP contribution in [0, 0.1) is 13.8 Å². The maximum absolute atomic E-state index is 5.42. The van der Waals surface area contributed by atoms with E-state index in [0.29, 0.717) is 0 Å². The molecule has 1 aromatic rings. The molecule has 0 atom stereocenters. The average molecular weight is 237 g/mol. The molecule has 4 heteroatoms. The van der Waals surface area contributed by atoms with Gasteiger partial charge in [0.1, 0.15) is 0 Å². The molecule has 2 nitrogen and oxygen atoms in total. The first kappa shape index (κ1) is 11.1. The Hall–Kier alpha value is 0.0700. The molecule has 1 heterocycles. The third kappa shape index (κ3) is 2.89. The summed E-state index contributed by atoms with van der Waals surface area (Å²) in [5, 5.41) is 1.14. The summed E-state index contributed by atoms with van der Waals surface area (Å²) in [7, 11) is 0. The molecular formula is C7H13BrN2S. The van der Waals surface area contributed by atoms with E-state index in [2.05, 4.69) is 4.98 Å². The van der Waals surface area contributed by atoms with Crippen molar-refractivity contribution in [3.05, 3.63) is 15.6 Å². The molecule has 0 radical (unpaired) electrons. The van der Waals surface area contributed by atoms with Crippen molar-refractivity contribution in [2.75, 3.05) is 6.54 Å². The van der Waals surface area contributed by atoms with E-state index in [1.54, 1.807) is 11.3 Å². The van der Waals surface area contributed by atoms with Crippen LogP contribution in [0.25, 0.3) is 0 Å². The van der Waals surface area contributed by atoms with E-state index in [4.69, 9.17) is 5.73 Å². The van der Waals surface area contributed by atoms with E-state index in [1.807, 2.05) is 13.8 Å². The molecule has 0 aliphatic heterocycles. The first-order valence-electron chi connectivity index (χ1n) is 3.37. The summed E-state index contributed by atoms with van der Waals surface area (Å²) >= 11 is 1.75. The van der Waals surface area contributed by atoms with Crippen LogP contribution in [0.1, 0.15) is 15.6 Å². The zero-order chi connectivity index (χ0) is 7.56. The number of hydrogen-bond donors (Lipinski definition) is 1. The molecule has 64 valence electrons. The predicted octanol–water partition coefficient (Wildman–Crippen LogP) is 1.84. The Morgan fingerprint density at radius 2 is 2.09 bits per heavy atom. The van der Waals surface area contributed by atoms with Crippen molar-refractivity contribution in [2.45, 2.75) is 20.3 Å². The summed E-state index contributed by atoms with van der Waals surface area (Å²) in [6.45, 7) is 4.79. The molecule has 0 amide bonds. The van der Waals surface area contributed by atoms with Crippen molar-refractivity contribution < 1.29 is 0 Å². The summed E-state index contributed by atoms with van der Waals surface area (Å²) in [4.78, 5) is 5.63. The van der Waals surface area contributed by atoms with E-state index in [0.717, 1.165) is 23.7 Å². The van der Waals surface area contributed by atoms with Gasteiger partial charge in [0.25, 0.3) is 0 Å². The normalized spacial score (nSPS) is 9.36. The Bertz CT molecular complexity index is 222. The van der Waals surface area contributed by atoms with Crippen molar-refractivity contribution in [3.63, 3.8) is 0 Å². The third-order valence-electron chi connectivity index (χ3n) is 1.37. The van der Waals surface area contributed by atoms with Gasteiger partial charge in [0, 0.05) is 4.88 Å². The minimum absolute atomic E-state index is 0. The molecular weight excluding hydrogens is 224 g/mol. The molecule has 0 saturated carbocycles. The first-order chi connectivity index (χ1) is 4.74. The number of rotatable bonds is 2. The Kier molecular flexibility index (Phi) is 4.88. The molecule has 0 aromatic carbocycles. The molecule has 1 aromatic heterocycles. The lowest BCUT2D eigenvalue weighted by atomic mass is 10.3. The van der Waals surface area contributed by atoms with Gasteiger partial charge in [-0.05, 0) is 26.8 Å². The smallest absolute Gasteiger partial charge is 0.0900 e. The van der Waals surface area contributed by atoms with Crippen molar-refractivity contribution >= 4 is 28.3 Å². The molecule has 0 spiro atoms. The zero-order valence-electron chi connectivity index (χ0n) is 6.76. The maximum Gasteiger partial charge on any atom is 0.0900 e. The number of thiazole rings is 1. The van der Waals surface area contributed by atoms with Gasteiger partial charge in [-0.3, -0.25) is 0 Å². The van der Waals surface area contributed by atoms with Gasteiger partial charge in [-0.15, -0.1) is 28.3 Å². The summed E-state index contributed by atoms with van der Waals surface area (Å²) in [5.41, 5.74) is 6.56. The van der Waals surface area contributed by atoms with E-state index < -0.39 is 0 Å². The van der Waals surface area contributed by atoms with Crippen LogP contribution < -0.4 is 5.73 Å². The van der Waals surface area contributed by atoms with Gasteiger partial charge in [-0.25, -0.2) is 4.98 Å². The van der Waals surface area contributed by atoms with Gasteiger partial charge in [-0.2, -0.15) is 0 Å². The number of aromatic nitrogens is 1. The van der Waals surface area contributed by atoms with Crippen molar-refractivity contribution in [1.82, 2.24) is 4.98 Å². The molecule has 2 N–H and O–H groups in total. The van der Waals surface area contributed by atoms with Crippen molar-refractivity contribution in [2.24, 2.45) is 5.73 Å². The van der Waals surface area contributed by atoms with Crippen LogP contribution in [-0.2, 0) is 6.42 Å². The van der Waals surface area contributed by atoms with E-state index >= 15 is 0 Å². The number of hydrogen-bond acceptors (Lipinski definition) is 3. The minimum Gasteiger partial charge on any atom is -0.330 e. The zero-order valence-corrected chi connectivity index (χ0v) is 9.28. The second-order valence-electron chi connectivity index (χ2n) is 2.28. The lowest BCUT2D eigenvalue weighted by molar-refractivity contribution is 0.969. The van der Waals surface area contributed by atoms with Gasteiger partial charge in [0.2, 0.25) is 0 Å². The molecule has 0 aliphatic carbocycles. The molecule has 0 saturated heterocycles. The fourth-order valence-electron chi connectivity index (χ4n) is 0.937. The SMILES string of the molecule is Br.Cc1nc(C)c(CCN)s1. The lowest BCUT2D eigenvalue weighted by Crippen LogP contribution is -2.01. The topological polar surface area (TPSA) is 38.9 Å². The summed E-state index contributed by atoms with van der Waals surface area (Å²) in [6, 6.07) is 0. The molecule has 0 bridgehead atoms. The quantitative estimate of drug-likeness (QED) is 0.852. The predicted molar refractivity (Wildman–Crippen MR) is 54.7 cm³/mol. The highest BCUT2D eigenvalue weighted by Gasteiger charge is 2.01. The number of nitrogens with two attached hydrogens (primary N) is 1. The Morgan fingerprint density at radius 3 is 2.45 bits per heavy atom. The van der Waals surface area contributed by atoms with Gasteiger partial charge < -0.3 is 5.73 Å². The fourth-order valence-corrected chi connectivity index (χ4v) is 1.89. The lowest BCUT2D eigenvalue weighted by Gasteiger charge is -1.90. The fraction of sp³-hybridized carbons (Fsp3) is 0.571. The molecule has 0 aliphatic rings. The Labute approximate surface area is 81.6 Å². The third-order valence-corrected chi connectivity index (χ3v) is 2.50. The molecule has 0 unspecified atom stereocenters. The van der Waals surface area contributed by atoms with Crippen LogP contribution in [0.3, 0.4) is 0 Å². The van der Waals surface area contributed by atoms with Gasteiger partial charge in [0.15, 0.2) is 0 Å². The van der Waals surface area contributed by atoms with E-state index in [9.17, 15) is 0 Å². The molecule has 11 heavy (non-hydrogen) atoms. The highest BCUT2D eigenvalue weighted by Crippen LogP contribution is 2.16. The van der Waals surface area contributed by atoms with Crippen LogP contribution in [0.5, 0.6) is 0 Å². The van der Waals surface area contributed by atoms with Crippen LogP contribution in [0.2, 0.25) is 0 Å². The van der Waals surface area contributed by atoms with Crippen LogP contribution in [0.4, 0.5) is 0 Å². The minimum atomic E-state index is 0. The highest BCUT2D eigenvalue weighted by molar-refractivity contribution is 8.93. The number of halogens is 1. The Balaban J connectivity index is 0.000001000.